The number of carbonyl (C=O) groups is 1. The highest BCUT2D eigenvalue weighted by atomic mass is 32.2. The summed E-state index contributed by atoms with van der Waals surface area (Å²) in [6.07, 6.45) is 7.47. The fraction of sp³-hybridized carbons (Fsp3) is 0.929. The van der Waals surface area contributed by atoms with Crippen molar-refractivity contribution in [1.82, 2.24) is 9.21 Å². The topological polar surface area (TPSA) is 57.7 Å². The lowest BCUT2D eigenvalue weighted by molar-refractivity contribution is -0.138. The first-order chi connectivity index (χ1) is 9.47. The Morgan fingerprint density at radius 1 is 1.00 bits per heavy atom. The SMILES string of the molecule is CS(=O)(=O)N1CCC(C(=O)N2CCCC2C2CC2)CC1. The number of piperidine rings is 1. The Morgan fingerprint density at radius 2 is 1.65 bits per heavy atom. The smallest absolute Gasteiger partial charge is 0.226 e. The Bertz CT molecular complexity index is 479. The third-order valence-electron chi connectivity index (χ3n) is 5.02. The average Bonchev–Trinajstić information content (AvgIpc) is 3.15. The van der Waals surface area contributed by atoms with Crippen LogP contribution in [0.25, 0.3) is 0 Å². The van der Waals surface area contributed by atoms with Gasteiger partial charge in [-0.25, -0.2) is 12.7 Å². The van der Waals surface area contributed by atoms with Crippen LogP contribution in [-0.2, 0) is 14.8 Å². The normalized spacial score (nSPS) is 29.9. The van der Waals surface area contributed by atoms with Gasteiger partial charge in [0.15, 0.2) is 0 Å². The van der Waals surface area contributed by atoms with Crippen molar-refractivity contribution in [3.8, 4) is 0 Å². The molecule has 0 bridgehead atoms. The van der Waals surface area contributed by atoms with Crippen molar-refractivity contribution in [2.75, 3.05) is 25.9 Å². The summed E-state index contributed by atoms with van der Waals surface area (Å²) in [6, 6.07) is 0.482. The second kappa shape index (κ2) is 5.30. The molecule has 1 saturated carbocycles. The summed E-state index contributed by atoms with van der Waals surface area (Å²) in [7, 11) is -3.10. The molecule has 3 fully saturated rings. The Kier molecular flexibility index (Phi) is 3.79. The number of sulfonamides is 1. The maximum Gasteiger partial charge on any atom is 0.226 e. The third-order valence-corrected chi connectivity index (χ3v) is 6.32. The van der Waals surface area contributed by atoms with E-state index in [0.717, 1.165) is 18.9 Å². The summed E-state index contributed by atoms with van der Waals surface area (Å²) in [4.78, 5) is 14.8. The zero-order valence-corrected chi connectivity index (χ0v) is 12.9. The summed E-state index contributed by atoms with van der Waals surface area (Å²) in [6.45, 7) is 1.90. The first-order valence-corrected chi connectivity index (χ1v) is 9.57. The molecule has 2 saturated heterocycles. The Labute approximate surface area is 121 Å². The van der Waals surface area contributed by atoms with E-state index in [1.807, 2.05) is 0 Å². The van der Waals surface area contributed by atoms with Crippen molar-refractivity contribution >= 4 is 15.9 Å². The molecule has 0 spiro atoms. The van der Waals surface area contributed by atoms with Crippen LogP contribution >= 0.6 is 0 Å². The highest BCUT2D eigenvalue weighted by molar-refractivity contribution is 7.88. The molecule has 0 aromatic rings. The lowest BCUT2D eigenvalue weighted by Gasteiger charge is -2.34. The highest BCUT2D eigenvalue weighted by Crippen LogP contribution is 2.41. The Morgan fingerprint density at radius 3 is 2.20 bits per heavy atom. The van der Waals surface area contributed by atoms with Gasteiger partial charge < -0.3 is 4.90 Å². The van der Waals surface area contributed by atoms with Crippen LogP contribution in [0.15, 0.2) is 0 Å². The maximum atomic E-state index is 12.7. The van der Waals surface area contributed by atoms with E-state index in [4.69, 9.17) is 0 Å². The van der Waals surface area contributed by atoms with Gasteiger partial charge in [0.05, 0.1) is 6.26 Å². The molecular weight excluding hydrogens is 276 g/mol. The van der Waals surface area contributed by atoms with Crippen molar-refractivity contribution < 1.29 is 13.2 Å². The molecule has 3 aliphatic rings. The van der Waals surface area contributed by atoms with Crippen LogP contribution in [0.2, 0.25) is 0 Å². The number of nitrogens with zero attached hydrogens (tertiary/aromatic N) is 2. The summed E-state index contributed by atoms with van der Waals surface area (Å²) >= 11 is 0. The van der Waals surface area contributed by atoms with Gasteiger partial charge in [-0.3, -0.25) is 4.79 Å². The fourth-order valence-corrected chi connectivity index (χ4v) is 4.58. The van der Waals surface area contributed by atoms with E-state index in [0.29, 0.717) is 32.0 Å². The van der Waals surface area contributed by atoms with E-state index < -0.39 is 10.0 Å². The van der Waals surface area contributed by atoms with E-state index >= 15 is 0 Å². The Balaban J connectivity index is 1.59. The van der Waals surface area contributed by atoms with Crippen LogP contribution < -0.4 is 0 Å². The minimum atomic E-state index is -3.10. The molecule has 6 heteroatoms. The van der Waals surface area contributed by atoms with Crippen LogP contribution in [0.5, 0.6) is 0 Å². The number of amides is 1. The fourth-order valence-electron chi connectivity index (χ4n) is 3.71. The van der Waals surface area contributed by atoms with Crippen LogP contribution in [-0.4, -0.2) is 55.5 Å². The number of likely N-dealkylation sites (tertiary alicyclic amines) is 1. The second-order valence-electron chi connectivity index (χ2n) is 6.51. The number of hydrogen-bond donors (Lipinski definition) is 0. The molecule has 2 aliphatic heterocycles. The zero-order chi connectivity index (χ0) is 14.3. The van der Waals surface area contributed by atoms with E-state index in [-0.39, 0.29) is 11.8 Å². The van der Waals surface area contributed by atoms with E-state index in [2.05, 4.69) is 4.90 Å². The van der Waals surface area contributed by atoms with Gasteiger partial charge in [-0.05, 0) is 44.4 Å². The van der Waals surface area contributed by atoms with Gasteiger partial charge >= 0.3 is 0 Å². The van der Waals surface area contributed by atoms with Crippen molar-refractivity contribution in [3.05, 3.63) is 0 Å². The van der Waals surface area contributed by atoms with Gasteiger partial charge in [-0.15, -0.1) is 0 Å². The second-order valence-corrected chi connectivity index (χ2v) is 8.50. The molecule has 0 aromatic heterocycles. The predicted octanol–water partition coefficient (Wildman–Crippen LogP) is 1.06. The van der Waals surface area contributed by atoms with Gasteiger partial charge in [-0.1, -0.05) is 0 Å². The monoisotopic (exact) mass is 300 g/mol. The molecule has 3 rings (SSSR count). The molecule has 0 aromatic carbocycles. The van der Waals surface area contributed by atoms with E-state index in [9.17, 15) is 13.2 Å². The first-order valence-electron chi connectivity index (χ1n) is 7.72. The lowest BCUT2D eigenvalue weighted by Crippen LogP contribution is -2.46. The molecule has 1 unspecified atom stereocenters. The predicted molar refractivity (Wildman–Crippen MR) is 76.6 cm³/mol. The van der Waals surface area contributed by atoms with Crippen LogP contribution in [0.4, 0.5) is 0 Å². The maximum absolute atomic E-state index is 12.7. The van der Waals surface area contributed by atoms with Gasteiger partial charge in [0.2, 0.25) is 15.9 Å². The highest BCUT2D eigenvalue weighted by Gasteiger charge is 2.42. The van der Waals surface area contributed by atoms with Crippen LogP contribution in [0.3, 0.4) is 0 Å². The summed E-state index contributed by atoms with van der Waals surface area (Å²) < 4.78 is 24.5. The minimum Gasteiger partial charge on any atom is -0.339 e. The van der Waals surface area contributed by atoms with Crippen molar-refractivity contribution in [1.29, 1.82) is 0 Å². The molecular formula is C14H24N2O3S. The van der Waals surface area contributed by atoms with Gasteiger partial charge in [-0.2, -0.15) is 0 Å². The molecule has 1 aliphatic carbocycles. The summed E-state index contributed by atoms with van der Waals surface area (Å²) in [5, 5.41) is 0. The third kappa shape index (κ3) is 2.86. The van der Waals surface area contributed by atoms with Crippen LogP contribution in [0, 0.1) is 11.8 Å². The van der Waals surface area contributed by atoms with Gasteiger partial charge in [0, 0.05) is 31.6 Å². The summed E-state index contributed by atoms with van der Waals surface area (Å²) in [5.74, 6) is 1.07. The Hall–Kier alpha value is -0.620. The average molecular weight is 300 g/mol. The minimum absolute atomic E-state index is 0.0346. The standard InChI is InChI=1S/C14H24N2O3S/c1-20(18,19)15-9-6-12(7-10-15)14(17)16-8-2-3-13(16)11-4-5-11/h11-13H,2-10H2,1H3. The quantitative estimate of drug-likeness (QED) is 0.783. The molecule has 2 heterocycles. The molecule has 114 valence electrons. The van der Waals surface area contributed by atoms with Crippen molar-refractivity contribution in [2.24, 2.45) is 11.8 Å². The van der Waals surface area contributed by atoms with Gasteiger partial charge in [0.1, 0.15) is 0 Å². The van der Waals surface area contributed by atoms with Crippen LogP contribution in [0.1, 0.15) is 38.5 Å². The molecule has 0 N–H and O–H groups in total. The lowest BCUT2D eigenvalue weighted by atomic mass is 9.96. The van der Waals surface area contributed by atoms with Crippen molar-refractivity contribution in [3.63, 3.8) is 0 Å². The van der Waals surface area contributed by atoms with Crippen molar-refractivity contribution in [2.45, 2.75) is 44.6 Å². The van der Waals surface area contributed by atoms with Gasteiger partial charge in [0.25, 0.3) is 0 Å². The molecule has 0 radical (unpaired) electrons. The number of carbonyl (C=O) groups excluding carboxylic acids is 1. The summed E-state index contributed by atoms with van der Waals surface area (Å²) in [5.41, 5.74) is 0. The largest absolute Gasteiger partial charge is 0.339 e. The molecule has 5 nitrogen and oxygen atoms in total. The first kappa shape index (κ1) is 14.3. The zero-order valence-electron chi connectivity index (χ0n) is 12.1. The number of rotatable bonds is 3. The number of hydrogen-bond acceptors (Lipinski definition) is 3. The molecule has 20 heavy (non-hydrogen) atoms. The van der Waals surface area contributed by atoms with E-state index in [1.54, 1.807) is 0 Å². The molecule has 1 atom stereocenters. The van der Waals surface area contributed by atoms with E-state index in [1.165, 1.54) is 29.8 Å². The molecule has 1 amide bonds.